The van der Waals surface area contributed by atoms with E-state index in [1.165, 1.54) is 0 Å². The van der Waals surface area contributed by atoms with Gasteiger partial charge in [0.1, 0.15) is 6.10 Å². The molecule has 0 saturated heterocycles. The van der Waals surface area contributed by atoms with Crippen LogP contribution in [-0.4, -0.2) is 17.1 Å². The van der Waals surface area contributed by atoms with Crippen molar-refractivity contribution in [1.82, 2.24) is 4.98 Å². The first kappa shape index (κ1) is 10.9. The average Bonchev–Trinajstić information content (AvgIpc) is 2.58. The second kappa shape index (κ2) is 4.49. The van der Waals surface area contributed by atoms with E-state index >= 15 is 0 Å². The third-order valence-corrected chi connectivity index (χ3v) is 3.56. The van der Waals surface area contributed by atoms with Crippen LogP contribution in [0, 0.1) is 6.92 Å². The van der Waals surface area contributed by atoms with Crippen LogP contribution in [0.2, 0.25) is 0 Å². The van der Waals surface area contributed by atoms with Crippen molar-refractivity contribution in [3.05, 3.63) is 22.3 Å². The summed E-state index contributed by atoms with van der Waals surface area (Å²) in [5, 5.41) is 0. The fourth-order valence-electron chi connectivity index (χ4n) is 1.83. The summed E-state index contributed by atoms with van der Waals surface area (Å²) in [5.41, 5.74) is 6.97. The Bertz CT molecular complexity index is 356. The van der Waals surface area contributed by atoms with Crippen molar-refractivity contribution >= 4 is 15.9 Å². The minimum atomic E-state index is 0.244. The van der Waals surface area contributed by atoms with Gasteiger partial charge in [0.25, 0.3) is 0 Å². The fraction of sp³-hybridized carbons (Fsp3) is 0.545. The topological polar surface area (TPSA) is 48.1 Å². The summed E-state index contributed by atoms with van der Waals surface area (Å²) < 4.78 is 6.78. The number of ether oxygens (including phenoxy) is 1. The molecule has 2 rings (SSSR count). The van der Waals surface area contributed by atoms with E-state index in [9.17, 15) is 0 Å². The van der Waals surface area contributed by atoms with Crippen molar-refractivity contribution < 1.29 is 4.74 Å². The van der Waals surface area contributed by atoms with Gasteiger partial charge in [0, 0.05) is 22.8 Å². The molecule has 1 aliphatic carbocycles. The van der Waals surface area contributed by atoms with E-state index in [-0.39, 0.29) is 6.10 Å². The molecule has 82 valence electrons. The zero-order valence-corrected chi connectivity index (χ0v) is 10.3. The van der Waals surface area contributed by atoms with E-state index in [0.717, 1.165) is 29.3 Å². The van der Waals surface area contributed by atoms with Crippen LogP contribution in [-0.2, 0) is 0 Å². The van der Waals surface area contributed by atoms with Gasteiger partial charge in [-0.05, 0) is 47.7 Å². The van der Waals surface area contributed by atoms with Gasteiger partial charge >= 0.3 is 0 Å². The van der Waals surface area contributed by atoms with Crippen molar-refractivity contribution in [2.45, 2.75) is 38.3 Å². The number of nitrogens with two attached hydrogens (primary N) is 1. The third-order valence-electron chi connectivity index (χ3n) is 2.73. The predicted octanol–water partition coefficient (Wildman–Crippen LogP) is 2.41. The highest BCUT2D eigenvalue weighted by atomic mass is 79.9. The lowest BCUT2D eigenvalue weighted by atomic mass is 10.3. The second-order valence-corrected chi connectivity index (χ2v) is 4.94. The number of hydrogen-bond acceptors (Lipinski definition) is 3. The Morgan fingerprint density at radius 3 is 2.93 bits per heavy atom. The first-order chi connectivity index (χ1) is 7.15. The van der Waals surface area contributed by atoms with Crippen LogP contribution in [0.3, 0.4) is 0 Å². The molecule has 0 amide bonds. The van der Waals surface area contributed by atoms with Crippen LogP contribution in [0.15, 0.2) is 16.7 Å². The van der Waals surface area contributed by atoms with Gasteiger partial charge < -0.3 is 10.5 Å². The van der Waals surface area contributed by atoms with E-state index in [4.69, 9.17) is 10.5 Å². The summed E-state index contributed by atoms with van der Waals surface area (Å²) in [7, 11) is 0. The summed E-state index contributed by atoms with van der Waals surface area (Å²) >= 11 is 3.41. The van der Waals surface area contributed by atoms with E-state index in [1.807, 2.05) is 13.0 Å². The quantitative estimate of drug-likeness (QED) is 0.898. The maximum absolute atomic E-state index is 5.82. The van der Waals surface area contributed by atoms with E-state index in [0.29, 0.717) is 11.9 Å². The highest BCUT2D eigenvalue weighted by Crippen LogP contribution is 2.24. The molecule has 2 N–H and O–H groups in total. The summed E-state index contributed by atoms with van der Waals surface area (Å²) in [4.78, 5) is 4.22. The molecule has 1 heterocycles. The van der Waals surface area contributed by atoms with Gasteiger partial charge in [-0.2, -0.15) is 0 Å². The SMILES string of the molecule is Cc1cc(OC2CCC(N)C2)ncc1Br. The van der Waals surface area contributed by atoms with Gasteiger partial charge in [0.15, 0.2) is 0 Å². The Kier molecular flexibility index (Phi) is 3.26. The fourth-order valence-corrected chi connectivity index (χ4v) is 2.05. The number of rotatable bonds is 2. The van der Waals surface area contributed by atoms with E-state index in [2.05, 4.69) is 20.9 Å². The normalized spacial score (nSPS) is 25.5. The number of aryl methyl sites for hydroxylation is 1. The molecular weight excluding hydrogens is 256 g/mol. The summed E-state index contributed by atoms with van der Waals surface area (Å²) in [5.74, 6) is 0.704. The maximum atomic E-state index is 5.82. The molecule has 2 atom stereocenters. The number of hydrogen-bond donors (Lipinski definition) is 1. The highest BCUT2D eigenvalue weighted by molar-refractivity contribution is 9.10. The lowest BCUT2D eigenvalue weighted by molar-refractivity contribution is 0.199. The zero-order chi connectivity index (χ0) is 10.8. The minimum absolute atomic E-state index is 0.244. The Labute approximate surface area is 98.2 Å². The molecule has 1 aromatic rings. The molecule has 4 heteroatoms. The monoisotopic (exact) mass is 270 g/mol. The Morgan fingerprint density at radius 2 is 2.33 bits per heavy atom. The average molecular weight is 271 g/mol. The zero-order valence-electron chi connectivity index (χ0n) is 8.74. The van der Waals surface area contributed by atoms with Crippen molar-refractivity contribution in [1.29, 1.82) is 0 Å². The molecule has 0 aliphatic heterocycles. The smallest absolute Gasteiger partial charge is 0.213 e. The van der Waals surface area contributed by atoms with Crippen LogP contribution < -0.4 is 10.5 Å². The lowest BCUT2D eigenvalue weighted by Crippen LogP contribution is -2.19. The Morgan fingerprint density at radius 1 is 1.53 bits per heavy atom. The first-order valence-electron chi connectivity index (χ1n) is 5.19. The largest absolute Gasteiger partial charge is 0.474 e. The van der Waals surface area contributed by atoms with Gasteiger partial charge in [0.05, 0.1) is 0 Å². The van der Waals surface area contributed by atoms with Crippen molar-refractivity contribution in [3.8, 4) is 5.88 Å². The van der Waals surface area contributed by atoms with Gasteiger partial charge in [-0.25, -0.2) is 4.98 Å². The van der Waals surface area contributed by atoms with Crippen molar-refractivity contribution in [2.24, 2.45) is 5.73 Å². The van der Waals surface area contributed by atoms with E-state index in [1.54, 1.807) is 6.20 Å². The van der Waals surface area contributed by atoms with E-state index < -0.39 is 0 Å². The Balaban J connectivity index is 2.02. The van der Waals surface area contributed by atoms with Crippen LogP contribution in [0.5, 0.6) is 5.88 Å². The number of pyridine rings is 1. The number of aromatic nitrogens is 1. The van der Waals surface area contributed by atoms with Gasteiger partial charge in [-0.1, -0.05) is 0 Å². The van der Waals surface area contributed by atoms with Crippen molar-refractivity contribution in [2.75, 3.05) is 0 Å². The van der Waals surface area contributed by atoms with Gasteiger partial charge in [-0.3, -0.25) is 0 Å². The standard InChI is InChI=1S/C11H15BrN2O/c1-7-4-11(14-6-10(7)12)15-9-3-2-8(13)5-9/h4,6,8-9H,2-3,5,13H2,1H3. The molecule has 1 saturated carbocycles. The highest BCUT2D eigenvalue weighted by Gasteiger charge is 2.23. The van der Waals surface area contributed by atoms with Crippen LogP contribution in [0.1, 0.15) is 24.8 Å². The maximum Gasteiger partial charge on any atom is 0.213 e. The van der Waals surface area contributed by atoms with Gasteiger partial charge in [0.2, 0.25) is 5.88 Å². The van der Waals surface area contributed by atoms with Crippen LogP contribution >= 0.6 is 15.9 Å². The summed E-state index contributed by atoms with van der Waals surface area (Å²) in [6, 6.07) is 2.25. The molecule has 0 bridgehead atoms. The molecule has 3 nitrogen and oxygen atoms in total. The molecule has 1 aliphatic rings. The molecule has 0 aromatic carbocycles. The Hall–Kier alpha value is -0.610. The number of nitrogens with zero attached hydrogens (tertiary/aromatic N) is 1. The molecule has 0 radical (unpaired) electrons. The van der Waals surface area contributed by atoms with Crippen molar-refractivity contribution in [3.63, 3.8) is 0 Å². The van der Waals surface area contributed by atoms with Gasteiger partial charge in [-0.15, -0.1) is 0 Å². The number of halogens is 1. The minimum Gasteiger partial charge on any atom is -0.474 e. The third kappa shape index (κ3) is 2.69. The molecular formula is C11H15BrN2O. The molecule has 15 heavy (non-hydrogen) atoms. The second-order valence-electron chi connectivity index (χ2n) is 4.08. The lowest BCUT2D eigenvalue weighted by Gasteiger charge is -2.12. The predicted molar refractivity (Wildman–Crippen MR) is 62.9 cm³/mol. The van der Waals surface area contributed by atoms with Crippen LogP contribution in [0.25, 0.3) is 0 Å². The summed E-state index contributed by atoms with van der Waals surface area (Å²) in [6.45, 7) is 2.03. The molecule has 0 spiro atoms. The molecule has 1 fully saturated rings. The molecule has 1 aromatic heterocycles. The molecule has 2 unspecified atom stereocenters. The van der Waals surface area contributed by atoms with Crippen LogP contribution in [0.4, 0.5) is 0 Å². The first-order valence-corrected chi connectivity index (χ1v) is 5.99. The summed E-state index contributed by atoms with van der Waals surface area (Å²) in [6.07, 6.45) is 5.06.